The second kappa shape index (κ2) is 8.43. The van der Waals surface area contributed by atoms with Crippen molar-refractivity contribution in [3.8, 4) is 0 Å². The molecule has 0 spiro atoms. The van der Waals surface area contributed by atoms with Gasteiger partial charge in [-0.25, -0.2) is 4.79 Å². The highest BCUT2D eigenvalue weighted by atomic mass is 16.6. The van der Waals surface area contributed by atoms with E-state index in [2.05, 4.69) is 0 Å². The van der Waals surface area contributed by atoms with E-state index in [1.807, 2.05) is 31.7 Å². The maximum atomic E-state index is 12.5. The number of nitro groups is 1. The summed E-state index contributed by atoms with van der Waals surface area (Å²) in [7, 11) is 0. The molecule has 1 aliphatic heterocycles. The molecule has 0 saturated carbocycles. The summed E-state index contributed by atoms with van der Waals surface area (Å²) >= 11 is 0. The van der Waals surface area contributed by atoms with Crippen LogP contribution in [0.25, 0.3) is 0 Å². The first kappa shape index (κ1) is 20.5. The van der Waals surface area contributed by atoms with Crippen LogP contribution in [0.1, 0.15) is 50.2 Å². The molecule has 7 nitrogen and oxygen atoms in total. The van der Waals surface area contributed by atoms with E-state index in [9.17, 15) is 19.7 Å². The molecule has 1 heterocycles. The molecule has 0 unspecified atom stereocenters. The van der Waals surface area contributed by atoms with Crippen LogP contribution in [0.2, 0.25) is 0 Å². The smallest absolute Gasteiger partial charge is 0.338 e. The fourth-order valence-electron chi connectivity index (χ4n) is 3.58. The minimum Gasteiger partial charge on any atom is -0.454 e. The van der Waals surface area contributed by atoms with Crippen molar-refractivity contribution in [2.75, 3.05) is 24.6 Å². The molecule has 0 atom stereocenters. The lowest BCUT2D eigenvalue weighted by Crippen LogP contribution is -2.19. The Kier molecular flexibility index (Phi) is 5.96. The first-order chi connectivity index (χ1) is 13.8. The van der Waals surface area contributed by atoms with Gasteiger partial charge in [-0.1, -0.05) is 6.07 Å². The minimum absolute atomic E-state index is 0.0595. The third-order valence-electron chi connectivity index (χ3n) is 5.33. The molecule has 0 aromatic heterocycles. The Hall–Kier alpha value is -3.22. The normalized spacial score (nSPS) is 13.4. The van der Waals surface area contributed by atoms with Crippen LogP contribution in [0.5, 0.6) is 0 Å². The van der Waals surface area contributed by atoms with Crippen LogP contribution < -0.4 is 4.90 Å². The molecule has 2 aromatic rings. The van der Waals surface area contributed by atoms with Crippen molar-refractivity contribution in [1.82, 2.24) is 0 Å². The second-order valence-corrected chi connectivity index (χ2v) is 7.41. The number of rotatable bonds is 6. The van der Waals surface area contributed by atoms with Crippen molar-refractivity contribution < 1.29 is 19.2 Å². The average molecular weight is 396 g/mol. The predicted molar refractivity (Wildman–Crippen MR) is 110 cm³/mol. The molecule has 0 bridgehead atoms. The maximum Gasteiger partial charge on any atom is 0.338 e. The van der Waals surface area contributed by atoms with Gasteiger partial charge in [0.15, 0.2) is 6.61 Å². The number of nitrogens with zero attached hydrogens (tertiary/aromatic N) is 2. The Morgan fingerprint density at radius 3 is 2.34 bits per heavy atom. The Morgan fingerprint density at radius 2 is 1.69 bits per heavy atom. The van der Waals surface area contributed by atoms with E-state index in [-0.39, 0.29) is 17.0 Å². The summed E-state index contributed by atoms with van der Waals surface area (Å²) in [6, 6.07) is 8.02. The molecular formula is C22H24N2O5. The van der Waals surface area contributed by atoms with E-state index >= 15 is 0 Å². The van der Waals surface area contributed by atoms with Crippen LogP contribution in [0.15, 0.2) is 30.3 Å². The van der Waals surface area contributed by atoms with Crippen molar-refractivity contribution in [3.05, 3.63) is 68.3 Å². The van der Waals surface area contributed by atoms with Gasteiger partial charge in [-0.15, -0.1) is 0 Å². The van der Waals surface area contributed by atoms with Gasteiger partial charge < -0.3 is 9.64 Å². The van der Waals surface area contributed by atoms with Crippen molar-refractivity contribution in [2.24, 2.45) is 0 Å². The number of carbonyl (C=O) groups is 2. The number of esters is 1. The Bertz CT molecular complexity index is 977. The van der Waals surface area contributed by atoms with Gasteiger partial charge in [-0.05, 0) is 68.5 Å². The van der Waals surface area contributed by atoms with E-state index in [0.717, 1.165) is 42.6 Å². The van der Waals surface area contributed by atoms with E-state index in [4.69, 9.17) is 4.74 Å². The topological polar surface area (TPSA) is 89.8 Å². The molecule has 29 heavy (non-hydrogen) atoms. The van der Waals surface area contributed by atoms with Gasteiger partial charge in [-0.2, -0.15) is 0 Å². The fraction of sp³-hybridized carbons (Fsp3) is 0.364. The molecule has 3 rings (SSSR count). The van der Waals surface area contributed by atoms with Crippen LogP contribution in [0, 0.1) is 30.9 Å². The highest BCUT2D eigenvalue weighted by Crippen LogP contribution is 2.31. The zero-order valence-electron chi connectivity index (χ0n) is 16.9. The highest BCUT2D eigenvalue weighted by molar-refractivity contribution is 6.00. The maximum absolute atomic E-state index is 12.5. The molecule has 0 N–H and O–H groups in total. The van der Waals surface area contributed by atoms with Gasteiger partial charge in [0.25, 0.3) is 5.69 Å². The lowest BCUT2D eigenvalue weighted by atomic mass is 9.98. The van der Waals surface area contributed by atoms with Gasteiger partial charge in [0.1, 0.15) is 5.69 Å². The number of Topliss-reactive ketones (excluding diaryl/α,β-unsaturated/α-hetero) is 1. The average Bonchev–Trinajstić information content (AvgIpc) is 3.22. The van der Waals surface area contributed by atoms with Gasteiger partial charge in [-0.3, -0.25) is 14.9 Å². The molecule has 0 aliphatic carbocycles. The molecule has 152 valence electrons. The lowest BCUT2D eigenvalue weighted by molar-refractivity contribution is -0.384. The summed E-state index contributed by atoms with van der Waals surface area (Å²) in [5.41, 5.74) is 3.84. The summed E-state index contributed by atoms with van der Waals surface area (Å²) in [4.78, 5) is 37.8. The number of anilines is 1. The Morgan fingerprint density at radius 1 is 1.03 bits per heavy atom. The largest absolute Gasteiger partial charge is 0.454 e. The molecule has 2 aromatic carbocycles. The first-order valence-electron chi connectivity index (χ1n) is 9.59. The third-order valence-corrected chi connectivity index (χ3v) is 5.33. The van der Waals surface area contributed by atoms with Crippen molar-refractivity contribution in [3.63, 3.8) is 0 Å². The molecule has 7 heteroatoms. The number of nitro benzene ring substituents is 1. The van der Waals surface area contributed by atoms with Crippen molar-refractivity contribution >= 4 is 23.1 Å². The summed E-state index contributed by atoms with van der Waals surface area (Å²) < 4.78 is 5.14. The number of ketones is 1. The van der Waals surface area contributed by atoms with Crippen LogP contribution in [0.4, 0.5) is 11.4 Å². The summed E-state index contributed by atoms with van der Waals surface area (Å²) in [5, 5.41) is 11.5. The fourth-order valence-corrected chi connectivity index (χ4v) is 3.58. The monoisotopic (exact) mass is 396 g/mol. The van der Waals surface area contributed by atoms with Crippen LogP contribution in [-0.2, 0) is 4.74 Å². The van der Waals surface area contributed by atoms with Crippen molar-refractivity contribution in [1.29, 1.82) is 0 Å². The molecule has 0 amide bonds. The molecule has 1 fully saturated rings. The first-order valence-corrected chi connectivity index (χ1v) is 9.59. The predicted octanol–water partition coefficient (Wildman–Crippen LogP) is 4.16. The summed E-state index contributed by atoms with van der Waals surface area (Å²) in [5.74, 6) is -1.06. The van der Waals surface area contributed by atoms with Gasteiger partial charge in [0.2, 0.25) is 5.78 Å². The van der Waals surface area contributed by atoms with Crippen LogP contribution in [-0.4, -0.2) is 36.4 Å². The van der Waals surface area contributed by atoms with E-state index in [0.29, 0.717) is 11.3 Å². The Balaban J connectivity index is 1.74. The number of carbonyl (C=O) groups excluding carboxylic acids is 2. The molecule has 0 radical (unpaired) electrons. The summed E-state index contributed by atoms with van der Waals surface area (Å²) in [6.07, 6.45) is 1.97. The zero-order chi connectivity index (χ0) is 21.1. The minimum atomic E-state index is -0.754. The third kappa shape index (κ3) is 4.45. The number of benzene rings is 2. The summed E-state index contributed by atoms with van der Waals surface area (Å²) in [6.45, 7) is 6.82. The van der Waals surface area contributed by atoms with E-state index in [1.165, 1.54) is 12.1 Å². The number of ether oxygens (including phenoxy) is 1. The number of hydrogen-bond donors (Lipinski definition) is 0. The SMILES string of the molecule is Cc1cc(C)c(C(=O)COC(=O)c2ccc(N3CCCC3)c([N+](=O)[O-])c2)cc1C. The zero-order valence-corrected chi connectivity index (χ0v) is 16.9. The number of hydrogen-bond acceptors (Lipinski definition) is 6. The second-order valence-electron chi connectivity index (χ2n) is 7.41. The van der Waals surface area contributed by atoms with Gasteiger partial charge >= 0.3 is 5.97 Å². The van der Waals surface area contributed by atoms with E-state index in [1.54, 1.807) is 12.1 Å². The molecular weight excluding hydrogens is 372 g/mol. The van der Waals surface area contributed by atoms with Gasteiger partial charge in [0.05, 0.1) is 10.5 Å². The van der Waals surface area contributed by atoms with E-state index < -0.39 is 17.5 Å². The van der Waals surface area contributed by atoms with Crippen molar-refractivity contribution in [2.45, 2.75) is 33.6 Å². The van der Waals surface area contributed by atoms with Gasteiger partial charge in [0, 0.05) is 24.7 Å². The van der Waals surface area contributed by atoms with Crippen LogP contribution in [0.3, 0.4) is 0 Å². The Labute approximate surface area is 169 Å². The molecule has 1 saturated heterocycles. The number of aryl methyl sites for hydroxylation is 3. The van der Waals surface area contributed by atoms with Crippen LogP contribution >= 0.6 is 0 Å². The lowest BCUT2D eigenvalue weighted by Gasteiger charge is -2.17. The highest BCUT2D eigenvalue weighted by Gasteiger charge is 2.24. The standard InChI is InChI=1S/C22H24N2O5/c1-14-10-16(3)18(11-15(14)2)21(25)13-29-22(26)17-6-7-19(20(12-17)24(27)28)23-8-4-5-9-23/h6-7,10-12H,4-5,8-9,13H2,1-3H3. The quantitative estimate of drug-likeness (QED) is 0.315. The molecule has 1 aliphatic rings.